The third kappa shape index (κ3) is 3.52. The van der Waals surface area contributed by atoms with E-state index >= 15 is 0 Å². The van der Waals surface area contributed by atoms with Crippen molar-refractivity contribution in [1.82, 2.24) is 28.7 Å². The molecule has 50 heavy (non-hydrogen) atoms. The van der Waals surface area contributed by atoms with Crippen molar-refractivity contribution in [3.05, 3.63) is 132 Å². The van der Waals surface area contributed by atoms with E-state index in [9.17, 15) is 0 Å². The first-order valence-corrected chi connectivity index (χ1v) is 17.1. The van der Waals surface area contributed by atoms with Crippen LogP contribution in [-0.4, -0.2) is 28.7 Å². The van der Waals surface area contributed by atoms with Gasteiger partial charge in [0.15, 0.2) is 0 Å². The quantitative estimate of drug-likeness (QED) is 0.176. The minimum Gasteiger partial charge on any atom is -0.305 e. The highest BCUT2D eigenvalue weighted by Crippen LogP contribution is 2.46. The Morgan fingerprint density at radius 1 is 0.380 bits per heavy atom. The zero-order valence-electron chi connectivity index (χ0n) is 28.1. The Hall–Kier alpha value is -6.40. The smallest absolute Gasteiger partial charge is 0.0896 e. The Labute approximate surface area is 286 Å². The highest BCUT2D eigenvalue weighted by atomic mass is 15.0. The van der Waals surface area contributed by atoms with Gasteiger partial charge in [0, 0.05) is 21.5 Å². The molecule has 0 aliphatic carbocycles. The summed E-state index contributed by atoms with van der Waals surface area (Å²) in [7, 11) is 0. The van der Waals surface area contributed by atoms with Crippen molar-refractivity contribution in [3.8, 4) is 22.3 Å². The highest BCUT2D eigenvalue weighted by molar-refractivity contribution is 6.26. The van der Waals surface area contributed by atoms with Crippen LogP contribution < -0.4 is 0 Å². The Morgan fingerprint density at radius 3 is 1.22 bits per heavy atom. The standard InChI is InChI=1S/C44H30N6/c1-23-25(3)47-35-21-27(13-17-33(35)45-23)29-15-19-39-43-41(29)31-9-5-7-11-37(31)49(43)40-20-16-30(42-32-10-6-8-12-38(32)50(39)44(40)42)28-14-18-34-36(22-28)48-26(4)24(2)46-34/h5-22H,1-4H3. The van der Waals surface area contributed by atoms with Crippen molar-refractivity contribution in [2.75, 3.05) is 0 Å². The summed E-state index contributed by atoms with van der Waals surface area (Å²) in [5, 5.41) is 4.95. The first-order valence-electron chi connectivity index (χ1n) is 17.1. The van der Waals surface area contributed by atoms with Gasteiger partial charge in [-0.15, -0.1) is 0 Å². The van der Waals surface area contributed by atoms with Crippen LogP contribution in [0.1, 0.15) is 22.8 Å². The minimum atomic E-state index is 0.916. The molecule has 0 spiro atoms. The van der Waals surface area contributed by atoms with Gasteiger partial charge in [0.1, 0.15) is 0 Å². The van der Waals surface area contributed by atoms with Gasteiger partial charge in [0.25, 0.3) is 0 Å². The third-order valence-electron chi connectivity index (χ3n) is 10.8. The first-order chi connectivity index (χ1) is 24.4. The van der Waals surface area contributed by atoms with Gasteiger partial charge < -0.3 is 8.80 Å². The van der Waals surface area contributed by atoms with Gasteiger partial charge in [-0.05, 0) is 98.5 Å². The molecule has 0 amide bonds. The zero-order valence-corrected chi connectivity index (χ0v) is 28.1. The number of rotatable bonds is 2. The topological polar surface area (TPSA) is 60.4 Å². The molecule has 5 aromatic heterocycles. The minimum absolute atomic E-state index is 0.916. The van der Waals surface area contributed by atoms with E-state index < -0.39 is 0 Å². The summed E-state index contributed by atoms with van der Waals surface area (Å²) in [6, 6.07) is 39.8. The van der Waals surface area contributed by atoms with Gasteiger partial charge in [0.2, 0.25) is 0 Å². The Kier molecular flexibility index (Phi) is 5.29. The zero-order chi connectivity index (χ0) is 33.4. The molecule has 6 aromatic carbocycles. The van der Waals surface area contributed by atoms with Gasteiger partial charge in [0.05, 0.1) is 77.9 Å². The normalized spacial score (nSPS) is 12.4. The van der Waals surface area contributed by atoms with Crippen LogP contribution in [0.15, 0.2) is 109 Å². The molecular weight excluding hydrogens is 613 g/mol. The van der Waals surface area contributed by atoms with Crippen LogP contribution in [0.4, 0.5) is 0 Å². The number of fused-ring (bicyclic) bond motifs is 10. The Morgan fingerprint density at radius 2 is 0.780 bits per heavy atom. The van der Waals surface area contributed by atoms with Crippen molar-refractivity contribution < 1.29 is 0 Å². The predicted octanol–water partition coefficient (Wildman–Crippen LogP) is 10.7. The molecule has 5 heterocycles. The molecule has 6 nitrogen and oxygen atoms in total. The van der Waals surface area contributed by atoms with Gasteiger partial charge in [-0.2, -0.15) is 0 Å². The summed E-state index contributed by atoms with van der Waals surface area (Å²) < 4.78 is 4.97. The molecule has 0 bridgehead atoms. The molecule has 11 aromatic rings. The van der Waals surface area contributed by atoms with E-state index in [2.05, 4.69) is 118 Å². The highest BCUT2D eigenvalue weighted by Gasteiger charge is 2.24. The van der Waals surface area contributed by atoms with E-state index in [0.29, 0.717) is 0 Å². The molecule has 11 rings (SSSR count). The van der Waals surface area contributed by atoms with Gasteiger partial charge in [-0.1, -0.05) is 60.7 Å². The molecule has 0 fully saturated rings. The van der Waals surface area contributed by atoms with Crippen molar-refractivity contribution >= 4 is 76.7 Å². The number of hydrogen-bond acceptors (Lipinski definition) is 4. The van der Waals surface area contributed by atoms with Crippen LogP contribution in [0.2, 0.25) is 0 Å². The van der Waals surface area contributed by atoms with Crippen molar-refractivity contribution in [2.45, 2.75) is 27.7 Å². The maximum atomic E-state index is 4.92. The fourth-order valence-corrected chi connectivity index (χ4v) is 8.30. The van der Waals surface area contributed by atoms with Crippen LogP contribution in [-0.2, 0) is 0 Å². The van der Waals surface area contributed by atoms with Gasteiger partial charge >= 0.3 is 0 Å². The van der Waals surface area contributed by atoms with E-state index in [1.807, 2.05) is 27.7 Å². The molecule has 6 heteroatoms. The molecule has 236 valence electrons. The maximum absolute atomic E-state index is 4.92. The number of aryl methyl sites for hydroxylation is 4. The summed E-state index contributed by atoms with van der Waals surface area (Å²) >= 11 is 0. The fourth-order valence-electron chi connectivity index (χ4n) is 8.30. The number of aromatic nitrogens is 6. The maximum Gasteiger partial charge on any atom is 0.0896 e. The summed E-state index contributed by atoms with van der Waals surface area (Å²) in [6.07, 6.45) is 0. The number of nitrogens with zero attached hydrogens (tertiary/aromatic N) is 6. The van der Waals surface area contributed by atoms with E-state index in [-0.39, 0.29) is 0 Å². The number of para-hydroxylation sites is 2. The average molecular weight is 643 g/mol. The van der Waals surface area contributed by atoms with Gasteiger partial charge in [-0.25, -0.2) is 19.9 Å². The molecule has 0 saturated heterocycles. The van der Waals surface area contributed by atoms with E-state index in [4.69, 9.17) is 19.9 Å². The molecule has 0 saturated carbocycles. The molecule has 0 radical (unpaired) electrons. The largest absolute Gasteiger partial charge is 0.305 e. The lowest BCUT2D eigenvalue weighted by Crippen LogP contribution is -1.98. The second-order valence-corrected chi connectivity index (χ2v) is 13.6. The lowest BCUT2D eigenvalue weighted by atomic mass is 9.97. The van der Waals surface area contributed by atoms with Crippen LogP contribution in [0.5, 0.6) is 0 Å². The van der Waals surface area contributed by atoms with Crippen molar-refractivity contribution in [3.63, 3.8) is 0 Å². The molecule has 0 aliphatic rings. The van der Waals surface area contributed by atoms with Crippen LogP contribution in [0.25, 0.3) is 99.0 Å². The van der Waals surface area contributed by atoms with Crippen LogP contribution >= 0.6 is 0 Å². The molecular formula is C44H30N6. The molecule has 0 aliphatic heterocycles. The first kappa shape index (κ1) is 27.5. The van der Waals surface area contributed by atoms with Crippen LogP contribution in [0.3, 0.4) is 0 Å². The van der Waals surface area contributed by atoms with Crippen molar-refractivity contribution in [1.29, 1.82) is 0 Å². The summed E-state index contributed by atoms with van der Waals surface area (Å²) in [5.74, 6) is 0. The lowest BCUT2D eigenvalue weighted by Gasteiger charge is -2.15. The second kappa shape index (κ2) is 9.61. The van der Waals surface area contributed by atoms with Gasteiger partial charge in [-0.3, -0.25) is 0 Å². The summed E-state index contributed by atoms with van der Waals surface area (Å²) in [4.78, 5) is 19.4. The molecule has 0 atom stereocenters. The average Bonchev–Trinajstić information content (AvgIpc) is 3.67. The predicted molar refractivity (Wildman–Crippen MR) is 206 cm³/mol. The molecule has 0 unspecified atom stereocenters. The van der Waals surface area contributed by atoms with E-state index in [1.54, 1.807) is 0 Å². The van der Waals surface area contributed by atoms with Crippen molar-refractivity contribution in [2.24, 2.45) is 0 Å². The second-order valence-electron chi connectivity index (χ2n) is 13.6. The summed E-state index contributed by atoms with van der Waals surface area (Å²) in [5.41, 5.74) is 19.4. The Bertz CT molecular complexity index is 3040. The lowest BCUT2D eigenvalue weighted by molar-refractivity contribution is 1.10. The SMILES string of the molecule is Cc1nc2ccc(-c3ccc4c5c3c3ccccc3n5c3ccc(-c5ccc6nc(C)c(C)nc6c5)c5c6ccccc6n4c53)cc2nc1C. The number of hydrogen-bond donors (Lipinski definition) is 0. The monoisotopic (exact) mass is 642 g/mol. The molecule has 0 N–H and O–H groups in total. The number of benzene rings is 6. The fraction of sp³-hybridized carbons (Fsp3) is 0.0909. The van der Waals surface area contributed by atoms with E-state index in [1.165, 1.54) is 65.8 Å². The third-order valence-corrected chi connectivity index (χ3v) is 10.8. The Balaban J connectivity index is 1.29. The summed E-state index contributed by atoms with van der Waals surface area (Å²) in [6.45, 7) is 8.10. The van der Waals surface area contributed by atoms with Crippen LogP contribution in [0, 0.1) is 27.7 Å². The van der Waals surface area contributed by atoms with E-state index in [0.717, 1.165) is 56.0 Å².